The van der Waals surface area contributed by atoms with E-state index < -0.39 is 0 Å². The fourth-order valence-corrected chi connectivity index (χ4v) is 6.10. The standard InChI is InChI=1S/C22H29N3O2/c26-20(13-23-21(27)17-5-6-17)24-18-3-1-2-4-19(18)25-22-10-14-7-15(11-22)9-16(8-14)12-22/h1-4,14-17,25H,5-13H2,(H,23,27)(H,24,26). The van der Waals surface area contributed by atoms with Crippen LogP contribution in [0.25, 0.3) is 0 Å². The van der Waals surface area contributed by atoms with Crippen molar-refractivity contribution >= 4 is 23.2 Å². The lowest BCUT2D eigenvalue weighted by Gasteiger charge is -2.57. The van der Waals surface area contributed by atoms with Gasteiger partial charge in [-0.1, -0.05) is 12.1 Å². The van der Waals surface area contributed by atoms with Gasteiger partial charge < -0.3 is 16.0 Å². The third-order valence-corrected chi connectivity index (χ3v) is 7.01. The van der Waals surface area contributed by atoms with Gasteiger partial charge >= 0.3 is 0 Å². The molecule has 3 N–H and O–H groups in total. The van der Waals surface area contributed by atoms with Crippen LogP contribution >= 0.6 is 0 Å². The highest BCUT2D eigenvalue weighted by atomic mass is 16.2. The molecule has 0 aliphatic heterocycles. The molecule has 2 amide bonds. The van der Waals surface area contributed by atoms with E-state index in [1.165, 1.54) is 38.5 Å². The molecule has 0 atom stereocenters. The van der Waals surface area contributed by atoms with Gasteiger partial charge in [0.2, 0.25) is 11.8 Å². The van der Waals surface area contributed by atoms with E-state index in [0.29, 0.717) is 0 Å². The molecule has 0 unspecified atom stereocenters. The first-order chi connectivity index (χ1) is 13.1. The second kappa shape index (κ2) is 6.54. The summed E-state index contributed by atoms with van der Waals surface area (Å²) in [6.07, 6.45) is 9.94. The Morgan fingerprint density at radius 2 is 1.52 bits per heavy atom. The second-order valence-corrected chi connectivity index (χ2v) is 9.41. The maximum absolute atomic E-state index is 12.3. The second-order valence-electron chi connectivity index (χ2n) is 9.41. The zero-order valence-corrected chi connectivity index (χ0v) is 15.8. The molecule has 5 saturated carbocycles. The maximum atomic E-state index is 12.3. The Bertz CT molecular complexity index is 720. The smallest absolute Gasteiger partial charge is 0.243 e. The molecule has 0 aromatic heterocycles. The van der Waals surface area contributed by atoms with Crippen molar-refractivity contribution in [2.24, 2.45) is 23.7 Å². The van der Waals surface area contributed by atoms with Crippen LogP contribution < -0.4 is 16.0 Å². The molecule has 1 aromatic rings. The summed E-state index contributed by atoms with van der Waals surface area (Å²) in [7, 11) is 0. The zero-order chi connectivity index (χ0) is 18.4. The molecule has 5 heteroatoms. The molecule has 27 heavy (non-hydrogen) atoms. The van der Waals surface area contributed by atoms with Crippen LogP contribution in [0.15, 0.2) is 24.3 Å². The molecule has 0 saturated heterocycles. The van der Waals surface area contributed by atoms with Crippen molar-refractivity contribution < 1.29 is 9.59 Å². The van der Waals surface area contributed by atoms with E-state index in [1.807, 2.05) is 18.2 Å². The lowest BCUT2D eigenvalue weighted by atomic mass is 9.53. The minimum absolute atomic E-state index is 0.00475. The molecule has 5 aliphatic rings. The average molecular weight is 367 g/mol. The van der Waals surface area contributed by atoms with Crippen molar-refractivity contribution in [2.45, 2.75) is 56.9 Å². The van der Waals surface area contributed by atoms with Gasteiger partial charge in [-0.2, -0.15) is 0 Å². The summed E-state index contributed by atoms with van der Waals surface area (Å²) >= 11 is 0. The molecule has 0 spiro atoms. The first-order valence-electron chi connectivity index (χ1n) is 10.5. The lowest BCUT2D eigenvalue weighted by molar-refractivity contribution is -0.125. The van der Waals surface area contributed by atoms with Gasteiger partial charge in [0.05, 0.1) is 17.9 Å². The maximum Gasteiger partial charge on any atom is 0.243 e. The first kappa shape index (κ1) is 17.1. The molecular formula is C22H29N3O2. The van der Waals surface area contributed by atoms with Crippen molar-refractivity contribution in [3.05, 3.63) is 24.3 Å². The van der Waals surface area contributed by atoms with Gasteiger partial charge in [0.25, 0.3) is 0 Å². The monoisotopic (exact) mass is 367 g/mol. The van der Waals surface area contributed by atoms with E-state index in [-0.39, 0.29) is 29.8 Å². The van der Waals surface area contributed by atoms with E-state index in [0.717, 1.165) is 42.0 Å². The minimum Gasteiger partial charge on any atom is -0.378 e. The summed E-state index contributed by atoms with van der Waals surface area (Å²) in [6, 6.07) is 7.98. The van der Waals surface area contributed by atoms with E-state index >= 15 is 0 Å². The normalized spacial score (nSPS) is 33.6. The van der Waals surface area contributed by atoms with Gasteiger partial charge in [0, 0.05) is 11.5 Å². The fraction of sp³-hybridized carbons (Fsp3) is 0.636. The topological polar surface area (TPSA) is 70.2 Å². The molecule has 0 radical (unpaired) electrons. The van der Waals surface area contributed by atoms with E-state index in [2.05, 4.69) is 22.0 Å². The summed E-state index contributed by atoms with van der Waals surface area (Å²) in [6.45, 7) is 0.0427. The number of amides is 2. The number of carbonyl (C=O) groups excluding carboxylic acids is 2. The van der Waals surface area contributed by atoms with Crippen LogP contribution in [-0.2, 0) is 9.59 Å². The number of carbonyl (C=O) groups is 2. The predicted molar refractivity (Wildman–Crippen MR) is 105 cm³/mol. The number of anilines is 2. The van der Waals surface area contributed by atoms with Crippen LogP contribution in [0.1, 0.15) is 51.4 Å². The van der Waals surface area contributed by atoms with Crippen LogP contribution in [-0.4, -0.2) is 23.9 Å². The Morgan fingerprint density at radius 3 is 2.11 bits per heavy atom. The Labute approximate surface area is 160 Å². The Morgan fingerprint density at radius 1 is 0.926 bits per heavy atom. The SMILES string of the molecule is O=C(CNC(=O)C1CC1)Nc1ccccc1NC12CC3CC(CC(C3)C1)C2. The Kier molecular flexibility index (Phi) is 4.14. The third-order valence-electron chi connectivity index (χ3n) is 7.01. The van der Waals surface area contributed by atoms with E-state index in [9.17, 15) is 9.59 Å². The van der Waals surface area contributed by atoms with Crippen molar-refractivity contribution in [2.75, 3.05) is 17.2 Å². The van der Waals surface area contributed by atoms with E-state index in [1.54, 1.807) is 0 Å². The van der Waals surface area contributed by atoms with Gasteiger partial charge in [-0.05, 0) is 81.3 Å². The quantitative estimate of drug-likeness (QED) is 0.720. The van der Waals surface area contributed by atoms with Gasteiger partial charge in [-0.3, -0.25) is 9.59 Å². The highest BCUT2D eigenvalue weighted by molar-refractivity contribution is 5.97. The predicted octanol–water partition coefficient (Wildman–Crippen LogP) is 3.53. The van der Waals surface area contributed by atoms with Crippen LogP contribution in [0.5, 0.6) is 0 Å². The van der Waals surface area contributed by atoms with Crippen LogP contribution in [0.2, 0.25) is 0 Å². The molecule has 6 rings (SSSR count). The molecule has 5 aliphatic carbocycles. The van der Waals surface area contributed by atoms with Crippen molar-refractivity contribution in [1.29, 1.82) is 0 Å². The zero-order valence-electron chi connectivity index (χ0n) is 15.8. The van der Waals surface area contributed by atoms with Crippen molar-refractivity contribution in [3.8, 4) is 0 Å². The van der Waals surface area contributed by atoms with E-state index in [4.69, 9.17) is 0 Å². The highest BCUT2D eigenvalue weighted by Gasteiger charge is 2.51. The van der Waals surface area contributed by atoms with Gasteiger partial charge in [-0.25, -0.2) is 0 Å². The minimum atomic E-state index is -0.163. The lowest BCUT2D eigenvalue weighted by Crippen LogP contribution is -2.54. The molecule has 1 aromatic carbocycles. The molecule has 5 fully saturated rings. The Hall–Kier alpha value is -2.04. The third kappa shape index (κ3) is 3.56. The number of hydrogen-bond acceptors (Lipinski definition) is 3. The summed E-state index contributed by atoms with van der Waals surface area (Å²) in [5.41, 5.74) is 2.04. The van der Waals surface area contributed by atoms with Crippen LogP contribution in [0.3, 0.4) is 0 Å². The first-order valence-corrected chi connectivity index (χ1v) is 10.5. The van der Waals surface area contributed by atoms with Gasteiger partial charge in [0.15, 0.2) is 0 Å². The van der Waals surface area contributed by atoms with Gasteiger partial charge in [0.1, 0.15) is 0 Å². The Balaban J connectivity index is 1.25. The van der Waals surface area contributed by atoms with Crippen molar-refractivity contribution in [1.82, 2.24) is 5.32 Å². The van der Waals surface area contributed by atoms with Crippen LogP contribution in [0, 0.1) is 23.7 Å². The molecule has 4 bridgehead atoms. The molecule has 5 nitrogen and oxygen atoms in total. The molecule has 0 heterocycles. The summed E-state index contributed by atoms with van der Waals surface area (Å²) in [4.78, 5) is 24.1. The number of rotatable bonds is 6. The van der Waals surface area contributed by atoms with Gasteiger partial charge in [-0.15, -0.1) is 0 Å². The summed E-state index contributed by atoms with van der Waals surface area (Å²) < 4.78 is 0. The van der Waals surface area contributed by atoms with Crippen LogP contribution in [0.4, 0.5) is 11.4 Å². The number of nitrogens with one attached hydrogen (secondary N) is 3. The largest absolute Gasteiger partial charge is 0.378 e. The fourth-order valence-electron chi connectivity index (χ4n) is 6.10. The van der Waals surface area contributed by atoms with Crippen molar-refractivity contribution in [3.63, 3.8) is 0 Å². The average Bonchev–Trinajstić information content (AvgIpc) is 3.45. The summed E-state index contributed by atoms with van der Waals surface area (Å²) in [5, 5.41) is 9.58. The summed E-state index contributed by atoms with van der Waals surface area (Å²) in [5.74, 6) is 2.60. The molecular weight excluding hydrogens is 338 g/mol. The highest BCUT2D eigenvalue weighted by Crippen LogP contribution is 2.56. The number of benzene rings is 1. The number of para-hydroxylation sites is 2. The molecule has 144 valence electrons. The number of hydrogen-bond donors (Lipinski definition) is 3.